The van der Waals surface area contributed by atoms with E-state index in [1.165, 1.54) is 18.1 Å². The fourth-order valence-electron chi connectivity index (χ4n) is 3.50. The molecule has 0 bridgehead atoms. The topological polar surface area (TPSA) is 73.5 Å². The van der Waals surface area contributed by atoms with Gasteiger partial charge < -0.3 is 16.0 Å². The molecule has 148 valence electrons. The van der Waals surface area contributed by atoms with Gasteiger partial charge in [-0.1, -0.05) is 37.3 Å². The average Bonchev–Trinajstić information content (AvgIpc) is 2.68. The number of benzene rings is 2. The first kappa shape index (κ1) is 20.0. The van der Waals surface area contributed by atoms with Gasteiger partial charge in [0.25, 0.3) is 0 Å². The monoisotopic (exact) mass is 380 g/mol. The Kier molecular flexibility index (Phi) is 6.79. The molecule has 28 heavy (non-hydrogen) atoms. The molecule has 3 N–H and O–H groups in total. The molecule has 2 amide bonds. The third-order valence-electron chi connectivity index (χ3n) is 4.94. The van der Waals surface area contributed by atoms with E-state index in [-0.39, 0.29) is 17.9 Å². The number of nitrogens with one attached hydrogen (secondary N) is 3. The number of hydrogen-bond donors (Lipinski definition) is 3. The molecule has 0 radical (unpaired) electrons. The van der Waals surface area contributed by atoms with E-state index in [4.69, 9.17) is 0 Å². The second kappa shape index (κ2) is 9.48. The second-order valence-corrected chi connectivity index (χ2v) is 7.10. The van der Waals surface area contributed by atoms with Crippen molar-refractivity contribution in [2.24, 2.45) is 0 Å². The summed E-state index contributed by atoms with van der Waals surface area (Å²) >= 11 is 0. The van der Waals surface area contributed by atoms with Gasteiger partial charge >= 0.3 is 0 Å². The van der Waals surface area contributed by atoms with E-state index in [2.05, 4.69) is 52.0 Å². The Morgan fingerprint density at radius 2 is 1.82 bits per heavy atom. The van der Waals surface area contributed by atoms with Gasteiger partial charge in [-0.2, -0.15) is 0 Å². The number of nitrogens with zero attached hydrogens (tertiary/aromatic N) is 1. The van der Waals surface area contributed by atoms with E-state index in [1.54, 1.807) is 12.1 Å². The van der Waals surface area contributed by atoms with Gasteiger partial charge in [-0.25, -0.2) is 0 Å². The summed E-state index contributed by atoms with van der Waals surface area (Å²) in [6.07, 6.45) is 1.02. The van der Waals surface area contributed by atoms with Gasteiger partial charge in [-0.3, -0.25) is 14.5 Å². The van der Waals surface area contributed by atoms with Crippen molar-refractivity contribution in [1.82, 2.24) is 10.2 Å². The first-order valence-corrected chi connectivity index (χ1v) is 9.76. The summed E-state index contributed by atoms with van der Waals surface area (Å²) in [5.74, 6) is -0.196. The van der Waals surface area contributed by atoms with Crippen LogP contribution >= 0.6 is 0 Å². The molecular weight excluding hydrogens is 352 g/mol. The van der Waals surface area contributed by atoms with Crippen molar-refractivity contribution in [3.05, 3.63) is 59.7 Å². The lowest BCUT2D eigenvalue weighted by atomic mass is 10.0. The predicted octanol–water partition coefficient (Wildman–Crippen LogP) is 2.79. The number of hydrogen-bond acceptors (Lipinski definition) is 4. The highest BCUT2D eigenvalue weighted by atomic mass is 16.2. The van der Waals surface area contributed by atoms with E-state index >= 15 is 0 Å². The minimum Gasteiger partial charge on any atom is -0.326 e. The van der Waals surface area contributed by atoms with Crippen LogP contribution in [0.15, 0.2) is 48.5 Å². The molecule has 2 aromatic carbocycles. The molecule has 1 atom stereocenters. The van der Waals surface area contributed by atoms with Crippen molar-refractivity contribution in [2.75, 3.05) is 36.8 Å². The van der Waals surface area contributed by atoms with Crippen LogP contribution in [-0.4, -0.2) is 42.9 Å². The highest BCUT2D eigenvalue weighted by Crippen LogP contribution is 2.23. The number of piperazine rings is 1. The maximum atomic E-state index is 12.6. The Hall–Kier alpha value is -2.70. The maximum absolute atomic E-state index is 12.6. The van der Waals surface area contributed by atoms with Crippen molar-refractivity contribution in [2.45, 2.75) is 26.3 Å². The zero-order chi connectivity index (χ0) is 19.9. The van der Waals surface area contributed by atoms with E-state index in [0.29, 0.717) is 17.9 Å². The summed E-state index contributed by atoms with van der Waals surface area (Å²) in [7, 11) is 0. The molecule has 6 nitrogen and oxygen atoms in total. The molecule has 1 heterocycles. The summed E-state index contributed by atoms with van der Waals surface area (Å²) in [6, 6.07) is 16.0. The fourth-order valence-corrected chi connectivity index (χ4v) is 3.50. The Morgan fingerprint density at radius 1 is 1.11 bits per heavy atom. The third-order valence-corrected chi connectivity index (χ3v) is 4.94. The summed E-state index contributed by atoms with van der Waals surface area (Å²) in [5, 5.41) is 9.10. The molecule has 1 aliphatic rings. The molecule has 3 rings (SSSR count). The van der Waals surface area contributed by atoms with E-state index in [9.17, 15) is 9.59 Å². The van der Waals surface area contributed by atoms with Crippen LogP contribution in [0.5, 0.6) is 0 Å². The highest BCUT2D eigenvalue weighted by molar-refractivity contribution is 5.94. The van der Waals surface area contributed by atoms with Crippen molar-refractivity contribution < 1.29 is 9.59 Å². The summed E-state index contributed by atoms with van der Waals surface area (Å²) in [5.41, 5.74) is 3.89. The van der Waals surface area contributed by atoms with Gasteiger partial charge in [0.15, 0.2) is 0 Å². The lowest BCUT2D eigenvalue weighted by Crippen LogP contribution is -2.48. The zero-order valence-corrected chi connectivity index (χ0v) is 16.5. The highest BCUT2D eigenvalue weighted by Gasteiger charge is 2.25. The standard InChI is InChI=1S/C22H28N4O2/c1-3-17-7-9-18(10-8-17)21-14-23-11-12-26(21)15-22(28)25-20-6-4-5-19(13-20)24-16(2)27/h4-10,13,21,23H,3,11-12,14-15H2,1-2H3,(H,24,27)(H,25,28). The molecule has 1 aliphatic heterocycles. The Morgan fingerprint density at radius 3 is 2.50 bits per heavy atom. The van der Waals surface area contributed by atoms with Gasteiger partial charge in [0.2, 0.25) is 11.8 Å². The maximum Gasteiger partial charge on any atom is 0.238 e. The van der Waals surface area contributed by atoms with Crippen LogP contribution in [0.4, 0.5) is 11.4 Å². The van der Waals surface area contributed by atoms with E-state index < -0.39 is 0 Å². The van der Waals surface area contributed by atoms with Gasteiger partial charge in [-0.05, 0) is 35.7 Å². The van der Waals surface area contributed by atoms with Crippen molar-refractivity contribution >= 4 is 23.2 Å². The van der Waals surface area contributed by atoms with Gasteiger partial charge in [0, 0.05) is 44.0 Å². The lowest BCUT2D eigenvalue weighted by molar-refractivity contribution is -0.118. The molecule has 1 fully saturated rings. The predicted molar refractivity (Wildman–Crippen MR) is 112 cm³/mol. The SMILES string of the molecule is CCc1ccc(C2CNCCN2CC(=O)Nc2cccc(NC(C)=O)c2)cc1. The van der Waals surface area contributed by atoms with E-state index in [0.717, 1.165) is 26.1 Å². The van der Waals surface area contributed by atoms with Crippen molar-refractivity contribution in [3.63, 3.8) is 0 Å². The van der Waals surface area contributed by atoms with Gasteiger partial charge in [0.05, 0.1) is 6.54 Å². The van der Waals surface area contributed by atoms with E-state index in [1.807, 2.05) is 12.1 Å². The van der Waals surface area contributed by atoms with Crippen molar-refractivity contribution in [3.8, 4) is 0 Å². The van der Waals surface area contributed by atoms with Crippen LogP contribution < -0.4 is 16.0 Å². The number of rotatable bonds is 6. The normalized spacial score (nSPS) is 17.1. The molecule has 1 unspecified atom stereocenters. The quantitative estimate of drug-likeness (QED) is 0.721. The molecule has 0 aliphatic carbocycles. The van der Waals surface area contributed by atoms with Crippen LogP contribution in [-0.2, 0) is 16.0 Å². The molecule has 0 spiro atoms. The summed E-state index contributed by atoms with van der Waals surface area (Å²) < 4.78 is 0. The average molecular weight is 380 g/mol. The van der Waals surface area contributed by atoms with Crippen LogP contribution in [0.3, 0.4) is 0 Å². The smallest absolute Gasteiger partial charge is 0.238 e. The van der Waals surface area contributed by atoms with Crippen LogP contribution in [0.2, 0.25) is 0 Å². The number of carbonyl (C=O) groups is 2. The molecular formula is C22H28N4O2. The second-order valence-electron chi connectivity index (χ2n) is 7.10. The number of amides is 2. The van der Waals surface area contributed by atoms with Crippen LogP contribution in [0.25, 0.3) is 0 Å². The fraction of sp³-hybridized carbons (Fsp3) is 0.364. The molecule has 6 heteroatoms. The van der Waals surface area contributed by atoms with Crippen molar-refractivity contribution in [1.29, 1.82) is 0 Å². The Labute approximate surface area is 166 Å². The molecule has 1 saturated heterocycles. The third kappa shape index (κ3) is 5.41. The summed E-state index contributed by atoms with van der Waals surface area (Å²) in [4.78, 5) is 26.1. The molecule has 0 aromatic heterocycles. The lowest BCUT2D eigenvalue weighted by Gasteiger charge is -2.36. The number of aryl methyl sites for hydroxylation is 1. The number of carbonyl (C=O) groups excluding carboxylic acids is 2. The summed E-state index contributed by atoms with van der Waals surface area (Å²) in [6.45, 7) is 6.45. The van der Waals surface area contributed by atoms with Crippen LogP contribution in [0, 0.1) is 0 Å². The first-order chi connectivity index (χ1) is 13.5. The molecule has 0 saturated carbocycles. The first-order valence-electron chi connectivity index (χ1n) is 9.76. The van der Waals surface area contributed by atoms with Gasteiger partial charge in [0.1, 0.15) is 0 Å². The largest absolute Gasteiger partial charge is 0.326 e. The zero-order valence-electron chi connectivity index (χ0n) is 16.5. The minimum absolute atomic E-state index is 0.0583. The Bertz CT molecular complexity index is 820. The Balaban J connectivity index is 1.65. The molecule has 2 aromatic rings. The van der Waals surface area contributed by atoms with Gasteiger partial charge in [-0.15, -0.1) is 0 Å². The minimum atomic E-state index is -0.138. The van der Waals surface area contributed by atoms with Crippen LogP contribution in [0.1, 0.15) is 31.0 Å². The number of anilines is 2.